The average Bonchev–Trinajstić information content (AvgIpc) is 2.08. The van der Waals surface area contributed by atoms with Crippen LogP contribution in [0.25, 0.3) is 0 Å². The Morgan fingerprint density at radius 1 is 1.53 bits per heavy atom. The number of carbonyl (C=O) groups is 1. The molecule has 4 nitrogen and oxygen atoms in total. The molecule has 0 amide bonds. The van der Waals surface area contributed by atoms with E-state index in [-0.39, 0.29) is 11.5 Å². The van der Waals surface area contributed by atoms with E-state index in [2.05, 4.69) is 24.3 Å². The summed E-state index contributed by atoms with van der Waals surface area (Å²) in [4.78, 5) is 12.9. The summed E-state index contributed by atoms with van der Waals surface area (Å²) in [7, 11) is 4.20. The van der Waals surface area contributed by atoms with E-state index < -0.39 is 5.97 Å². The molecule has 2 N–H and O–H groups in total. The second kappa shape index (κ2) is 4.94. The maximum absolute atomic E-state index is 10.6. The van der Waals surface area contributed by atoms with Crippen LogP contribution in [0.4, 0.5) is 0 Å². The fourth-order valence-corrected chi connectivity index (χ4v) is 1.98. The number of nitrogens with zero attached hydrogens (tertiary/aromatic N) is 1. The van der Waals surface area contributed by atoms with Crippen LogP contribution in [-0.4, -0.2) is 48.7 Å². The van der Waals surface area contributed by atoms with Crippen molar-refractivity contribution >= 4 is 5.97 Å². The molecule has 0 aromatic carbocycles. The highest BCUT2D eigenvalue weighted by atomic mass is 16.4. The Hall–Kier alpha value is -0.610. The largest absolute Gasteiger partial charge is 0.481 e. The van der Waals surface area contributed by atoms with Gasteiger partial charge in [-0.05, 0) is 33.4 Å². The predicted octanol–water partition coefficient (Wildman–Crippen LogP) is 0.781. The third kappa shape index (κ3) is 2.92. The second-order valence-corrected chi connectivity index (χ2v) is 4.84. The number of rotatable bonds is 6. The van der Waals surface area contributed by atoms with Crippen molar-refractivity contribution in [2.24, 2.45) is 5.92 Å². The summed E-state index contributed by atoms with van der Waals surface area (Å²) in [6.07, 6.45) is 3.72. The Balaban J connectivity index is 2.27. The van der Waals surface area contributed by atoms with Crippen LogP contribution in [0, 0.1) is 5.92 Å². The first-order valence-electron chi connectivity index (χ1n) is 5.59. The summed E-state index contributed by atoms with van der Waals surface area (Å²) >= 11 is 0. The van der Waals surface area contributed by atoms with Gasteiger partial charge in [-0.25, -0.2) is 0 Å². The zero-order valence-corrected chi connectivity index (χ0v) is 9.92. The molecule has 1 atom stereocenters. The Morgan fingerprint density at radius 2 is 2.13 bits per heavy atom. The van der Waals surface area contributed by atoms with Gasteiger partial charge in [-0.15, -0.1) is 0 Å². The molecule has 0 spiro atoms. The van der Waals surface area contributed by atoms with Gasteiger partial charge in [-0.1, -0.05) is 6.92 Å². The first kappa shape index (κ1) is 12.5. The van der Waals surface area contributed by atoms with Crippen molar-refractivity contribution in [3.8, 4) is 0 Å². The summed E-state index contributed by atoms with van der Waals surface area (Å²) < 4.78 is 0. The van der Waals surface area contributed by atoms with E-state index in [9.17, 15) is 4.79 Å². The third-order valence-electron chi connectivity index (χ3n) is 3.56. The van der Waals surface area contributed by atoms with E-state index >= 15 is 0 Å². The average molecular weight is 214 g/mol. The monoisotopic (exact) mass is 214 g/mol. The second-order valence-electron chi connectivity index (χ2n) is 4.84. The molecule has 0 aliphatic heterocycles. The van der Waals surface area contributed by atoms with Crippen LogP contribution in [0.1, 0.15) is 26.2 Å². The van der Waals surface area contributed by atoms with Crippen LogP contribution in [0.5, 0.6) is 0 Å². The van der Waals surface area contributed by atoms with Crippen molar-refractivity contribution in [3.63, 3.8) is 0 Å². The normalized spacial score (nSPS) is 21.1. The molecule has 1 saturated carbocycles. The lowest BCUT2D eigenvalue weighted by Gasteiger charge is -2.47. The first-order chi connectivity index (χ1) is 6.98. The van der Waals surface area contributed by atoms with E-state index in [4.69, 9.17) is 5.11 Å². The minimum atomic E-state index is -0.727. The van der Waals surface area contributed by atoms with Crippen LogP contribution in [0.15, 0.2) is 0 Å². The van der Waals surface area contributed by atoms with Crippen molar-refractivity contribution in [1.82, 2.24) is 10.2 Å². The van der Waals surface area contributed by atoms with Gasteiger partial charge < -0.3 is 15.3 Å². The Morgan fingerprint density at radius 3 is 2.47 bits per heavy atom. The Labute approximate surface area is 91.6 Å². The minimum Gasteiger partial charge on any atom is -0.481 e. The molecule has 4 heteroatoms. The number of carboxylic acid groups (broad SMARTS) is 1. The molecule has 0 heterocycles. The summed E-state index contributed by atoms with van der Waals surface area (Å²) in [5, 5.41) is 12.0. The fourth-order valence-electron chi connectivity index (χ4n) is 1.98. The van der Waals surface area contributed by atoms with Gasteiger partial charge in [0, 0.05) is 18.6 Å². The van der Waals surface area contributed by atoms with Crippen LogP contribution in [-0.2, 0) is 4.79 Å². The smallest absolute Gasteiger partial charge is 0.307 e. The van der Waals surface area contributed by atoms with Gasteiger partial charge in [0.25, 0.3) is 0 Å². The SMILES string of the molecule is CC(CNCC1(N(C)C)CCC1)C(=O)O. The number of hydrogen-bond donors (Lipinski definition) is 2. The molecule has 1 aliphatic carbocycles. The van der Waals surface area contributed by atoms with Crippen LogP contribution in [0.3, 0.4) is 0 Å². The summed E-state index contributed by atoms with van der Waals surface area (Å²) in [5.74, 6) is -1.03. The number of carboxylic acids is 1. The fraction of sp³-hybridized carbons (Fsp3) is 0.909. The summed E-state index contributed by atoms with van der Waals surface area (Å²) in [5.41, 5.74) is 0.276. The van der Waals surface area contributed by atoms with Crippen molar-refractivity contribution in [2.45, 2.75) is 31.7 Å². The number of nitrogens with one attached hydrogen (secondary N) is 1. The van der Waals surface area contributed by atoms with Crippen molar-refractivity contribution < 1.29 is 9.90 Å². The number of likely N-dealkylation sites (N-methyl/N-ethyl adjacent to an activating group) is 1. The highest BCUT2D eigenvalue weighted by molar-refractivity contribution is 5.69. The van der Waals surface area contributed by atoms with E-state index in [0.717, 1.165) is 6.54 Å². The van der Waals surface area contributed by atoms with Gasteiger partial charge in [-0.2, -0.15) is 0 Å². The topological polar surface area (TPSA) is 52.6 Å². The van der Waals surface area contributed by atoms with Crippen molar-refractivity contribution in [1.29, 1.82) is 0 Å². The number of aliphatic carboxylic acids is 1. The highest BCUT2D eigenvalue weighted by Gasteiger charge is 2.38. The van der Waals surface area contributed by atoms with Crippen LogP contribution < -0.4 is 5.32 Å². The summed E-state index contributed by atoms with van der Waals surface area (Å²) in [6.45, 7) is 3.20. The van der Waals surface area contributed by atoms with Gasteiger partial charge >= 0.3 is 5.97 Å². The van der Waals surface area contributed by atoms with Gasteiger partial charge in [0.1, 0.15) is 0 Å². The van der Waals surface area contributed by atoms with Crippen molar-refractivity contribution in [2.75, 3.05) is 27.2 Å². The zero-order chi connectivity index (χ0) is 11.5. The lowest BCUT2D eigenvalue weighted by Crippen LogP contribution is -2.56. The molecule has 1 fully saturated rings. The number of hydrogen-bond acceptors (Lipinski definition) is 3. The van der Waals surface area contributed by atoms with E-state index in [0.29, 0.717) is 6.54 Å². The van der Waals surface area contributed by atoms with Gasteiger partial charge in [0.2, 0.25) is 0 Å². The maximum Gasteiger partial charge on any atom is 0.307 e. The molecule has 0 aromatic rings. The minimum absolute atomic E-state index is 0.276. The zero-order valence-electron chi connectivity index (χ0n) is 9.92. The molecule has 0 bridgehead atoms. The molecule has 0 saturated heterocycles. The molecule has 1 aliphatic rings. The molecule has 0 aromatic heterocycles. The Bertz CT molecular complexity index is 225. The van der Waals surface area contributed by atoms with Crippen LogP contribution in [0.2, 0.25) is 0 Å². The van der Waals surface area contributed by atoms with E-state index in [1.807, 2.05) is 0 Å². The molecular formula is C11H22N2O2. The van der Waals surface area contributed by atoms with E-state index in [1.165, 1.54) is 19.3 Å². The highest BCUT2D eigenvalue weighted by Crippen LogP contribution is 2.35. The van der Waals surface area contributed by atoms with Gasteiger partial charge in [0.05, 0.1) is 5.92 Å². The van der Waals surface area contributed by atoms with Gasteiger partial charge in [-0.3, -0.25) is 4.79 Å². The molecular weight excluding hydrogens is 192 g/mol. The molecule has 0 radical (unpaired) electrons. The van der Waals surface area contributed by atoms with Crippen LogP contribution >= 0.6 is 0 Å². The first-order valence-corrected chi connectivity index (χ1v) is 5.59. The van der Waals surface area contributed by atoms with Crippen molar-refractivity contribution in [3.05, 3.63) is 0 Å². The molecule has 88 valence electrons. The maximum atomic E-state index is 10.6. The van der Waals surface area contributed by atoms with Gasteiger partial charge in [0.15, 0.2) is 0 Å². The molecule has 15 heavy (non-hydrogen) atoms. The quantitative estimate of drug-likeness (QED) is 0.686. The molecule has 1 unspecified atom stereocenters. The van der Waals surface area contributed by atoms with E-state index in [1.54, 1.807) is 6.92 Å². The molecule has 1 rings (SSSR count). The predicted molar refractivity (Wildman–Crippen MR) is 59.9 cm³/mol. The lowest BCUT2D eigenvalue weighted by molar-refractivity contribution is -0.141. The Kier molecular flexibility index (Phi) is 4.11. The summed E-state index contributed by atoms with van der Waals surface area (Å²) in [6, 6.07) is 0. The lowest BCUT2D eigenvalue weighted by atomic mass is 9.75. The standard InChI is InChI=1S/C11H22N2O2/c1-9(10(14)15)7-12-8-11(13(2)3)5-4-6-11/h9,12H,4-8H2,1-3H3,(H,14,15). The third-order valence-corrected chi connectivity index (χ3v) is 3.56.